The minimum atomic E-state index is -0.253. The third-order valence-electron chi connectivity index (χ3n) is 5.00. The highest BCUT2D eigenvalue weighted by Gasteiger charge is 2.17. The third-order valence-corrected chi connectivity index (χ3v) is 5.00. The van der Waals surface area contributed by atoms with Crippen molar-refractivity contribution in [3.8, 4) is 0 Å². The fraction of sp³-hybridized carbons (Fsp3) is 0.409. The molecule has 1 fully saturated rings. The van der Waals surface area contributed by atoms with Crippen molar-refractivity contribution in [1.29, 1.82) is 0 Å². The molecule has 4 nitrogen and oxygen atoms in total. The number of carbonyl (C=O) groups is 1. The van der Waals surface area contributed by atoms with Gasteiger partial charge in [-0.25, -0.2) is 4.39 Å². The number of rotatable bonds is 7. The Bertz CT molecular complexity index is 737. The van der Waals surface area contributed by atoms with Crippen LogP contribution in [-0.4, -0.2) is 25.5 Å². The Kier molecular flexibility index (Phi) is 6.45. The van der Waals surface area contributed by atoms with Gasteiger partial charge in [-0.05, 0) is 60.7 Å². The van der Waals surface area contributed by atoms with Crippen LogP contribution in [0.15, 0.2) is 48.5 Å². The van der Waals surface area contributed by atoms with Crippen LogP contribution in [0.3, 0.4) is 0 Å². The molecule has 0 spiro atoms. The summed E-state index contributed by atoms with van der Waals surface area (Å²) < 4.78 is 13.1. The van der Waals surface area contributed by atoms with Crippen molar-refractivity contribution in [3.63, 3.8) is 0 Å². The Morgan fingerprint density at radius 2 is 1.67 bits per heavy atom. The van der Waals surface area contributed by atoms with E-state index in [1.165, 1.54) is 30.7 Å². The molecule has 2 N–H and O–H groups in total. The Morgan fingerprint density at radius 1 is 1.04 bits per heavy atom. The van der Waals surface area contributed by atoms with Crippen molar-refractivity contribution in [2.45, 2.75) is 32.7 Å². The maximum Gasteiger partial charge on any atom is 0.238 e. The van der Waals surface area contributed by atoms with Gasteiger partial charge >= 0.3 is 0 Å². The molecule has 1 heterocycles. The van der Waals surface area contributed by atoms with E-state index < -0.39 is 0 Å². The zero-order valence-corrected chi connectivity index (χ0v) is 16.0. The fourth-order valence-electron chi connectivity index (χ4n) is 3.55. The van der Waals surface area contributed by atoms with Gasteiger partial charge in [0.1, 0.15) is 5.82 Å². The number of amides is 1. The molecule has 0 saturated carbocycles. The van der Waals surface area contributed by atoms with Crippen LogP contribution in [0.25, 0.3) is 0 Å². The SMILES string of the molecule is CC(C)[C@H](NCC(=O)Nc1ccc(N2CCCC2)cc1)c1ccc(F)cc1. The first-order valence-electron chi connectivity index (χ1n) is 9.66. The van der Waals surface area contributed by atoms with Gasteiger partial charge in [-0.15, -0.1) is 0 Å². The summed E-state index contributed by atoms with van der Waals surface area (Å²) in [5.41, 5.74) is 2.99. The molecule has 0 radical (unpaired) electrons. The van der Waals surface area contributed by atoms with Gasteiger partial charge in [0, 0.05) is 30.5 Å². The Labute approximate surface area is 160 Å². The summed E-state index contributed by atoms with van der Waals surface area (Å²) in [6.07, 6.45) is 2.49. The summed E-state index contributed by atoms with van der Waals surface area (Å²) in [5, 5.41) is 6.22. The minimum Gasteiger partial charge on any atom is -0.372 e. The van der Waals surface area contributed by atoms with Crippen LogP contribution in [0.4, 0.5) is 15.8 Å². The zero-order chi connectivity index (χ0) is 19.2. The smallest absolute Gasteiger partial charge is 0.238 e. The van der Waals surface area contributed by atoms with Crippen molar-refractivity contribution in [2.24, 2.45) is 5.92 Å². The second kappa shape index (κ2) is 9.00. The molecular formula is C22H28FN3O. The monoisotopic (exact) mass is 369 g/mol. The highest BCUT2D eigenvalue weighted by molar-refractivity contribution is 5.92. The standard InChI is InChI=1S/C22H28FN3O/c1-16(2)22(17-5-7-18(23)8-6-17)24-15-21(27)25-19-9-11-20(12-10-19)26-13-3-4-14-26/h5-12,16,22,24H,3-4,13-15H2,1-2H3,(H,25,27)/t22-/m0/s1. The predicted octanol–water partition coefficient (Wildman–Crippen LogP) is 4.35. The van der Waals surface area contributed by atoms with E-state index in [1.807, 2.05) is 12.1 Å². The number of nitrogens with zero attached hydrogens (tertiary/aromatic N) is 1. The van der Waals surface area contributed by atoms with Gasteiger partial charge in [0.25, 0.3) is 0 Å². The Morgan fingerprint density at radius 3 is 2.26 bits per heavy atom. The maximum atomic E-state index is 13.1. The van der Waals surface area contributed by atoms with E-state index in [0.29, 0.717) is 0 Å². The minimum absolute atomic E-state index is 0.00566. The van der Waals surface area contributed by atoms with E-state index in [1.54, 1.807) is 12.1 Å². The molecule has 0 unspecified atom stereocenters. The third kappa shape index (κ3) is 5.30. The number of carbonyl (C=O) groups excluding carboxylic acids is 1. The molecule has 144 valence electrons. The first kappa shape index (κ1) is 19.4. The molecular weight excluding hydrogens is 341 g/mol. The summed E-state index contributed by atoms with van der Waals surface area (Å²) in [6.45, 7) is 6.57. The quantitative estimate of drug-likeness (QED) is 0.763. The predicted molar refractivity (Wildman–Crippen MR) is 109 cm³/mol. The molecule has 1 saturated heterocycles. The molecule has 27 heavy (non-hydrogen) atoms. The summed E-state index contributed by atoms with van der Waals surface area (Å²) in [4.78, 5) is 14.7. The molecule has 1 aliphatic heterocycles. The van der Waals surface area contributed by atoms with E-state index in [4.69, 9.17) is 0 Å². The van der Waals surface area contributed by atoms with E-state index in [9.17, 15) is 9.18 Å². The lowest BCUT2D eigenvalue weighted by atomic mass is 9.96. The van der Waals surface area contributed by atoms with E-state index in [2.05, 4.69) is 41.5 Å². The molecule has 1 amide bonds. The highest BCUT2D eigenvalue weighted by Crippen LogP contribution is 2.23. The van der Waals surface area contributed by atoms with Crippen molar-refractivity contribution in [3.05, 3.63) is 59.9 Å². The van der Waals surface area contributed by atoms with Gasteiger partial charge in [-0.3, -0.25) is 4.79 Å². The van der Waals surface area contributed by atoms with Crippen LogP contribution in [0.5, 0.6) is 0 Å². The lowest BCUT2D eigenvalue weighted by Crippen LogP contribution is -2.33. The van der Waals surface area contributed by atoms with Crippen molar-refractivity contribution in [2.75, 3.05) is 29.9 Å². The molecule has 5 heteroatoms. The number of hydrogen-bond acceptors (Lipinski definition) is 3. The van der Waals surface area contributed by atoms with E-state index in [-0.39, 0.29) is 30.2 Å². The molecule has 0 aliphatic carbocycles. The van der Waals surface area contributed by atoms with Gasteiger partial charge in [0.05, 0.1) is 6.54 Å². The first-order chi connectivity index (χ1) is 13.0. The Balaban J connectivity index is 1.54. The number of halogens is 1. The molecule has 1 atom stereocenters. The van der Waals surface area contributed by atoms with Crippen LogP contribution < -0.4 is 15.5 Å². The van der Waals surface area contributed by atoms with Crippen LogP contribution in [0.1, 0.15) is 38.3 Å². The van der Waals surface area contributed by atoms with Crippen LogP contribution in [-0.2, 0) is 4.79 Å². The average Bonchev–Trinajstić information content (AvgIpc) is 3.18. The average molecular weight is 369 g/mol. The molecule has 3 rings (SSSR count). The number of hydrogen-bond donors (Lipinski definition) is 2. The van der Waals surface area contributed by atoms with Gasteiger partial charge < -0.3 is 15.5 Å². The second-order valence-electron chi connectivity index (χ2n) is 7.44. The van der Waals surface area contributed by atoms with Crippen LogP contribution in [0, 0.1) is 11.7 Å². The maximum absolute atomic E-state index is 13.1. The van der Waals surface area contributed by atoms with Crippen LogP contribution >= 0.6 is 0 Å². The van der Waals surface area contributed by atoms with Crippen LogP contribution in [0.2, 0.25) is 0 Å². The fourth-order valence-corrected chi connectivity index (χ4v) is 3.55. The summed E-state index contributed by atoms with van der Waals surface area (Å²) in [7, 11) is 0. The summed E-state index contributed by atoms with van der Waals surface area (Å²) in [5.74, 6) is -0.0592. The zero-order valence-electron chi connectivity index (χ0n) is 16.0. The summed E-state index contributed by atoms with van der Waals surface area (Å²) >= 11 is 0. The summed E-state index contributed by atoms with van der Waals surface area (Å²) in [6, 6.07) is 14.4. The van der Waals surface area contributed by atoms with Gasteiger partial charge in [-0.1, -0.05) is 26.0 Å². The number of nitrogens with one attached hydrogen (secondary N) is 2. The topological polar surface area (TPSA) is 44.4 Å². The number of anilines is 2. The highest BCUT2D eigenvalue weighted by atomic mass is 19.1. The lowest BCUT2D eigenvalue weighted by Gasteiger charge is -2.23. The molecule has 2 aromatic rings. The second-order valence-corrected chi connectivity index (χ2v) is 7.44. The molecule has 0 bridgehead atoms. The molecule has 2 aromatic carbocycles. The van der Waals surface area contributed by atoms with Gasteiger partial charge in [0.2, 0.25) is 5.91 Å². The molecule has 1 aliphatic rings. The van der Waals surface area contributed by atoms with Gasteiger partial charge in [-0.2, -0.15) is 0 Å². The lowest BCUT2D eigenvalue weighted by molar-refractivity contribution is -0.115. The van der Waals surface area contributed by atoms with E-state index >= 15 is 0 Å². The van der Waals surface area contributed by atoms with Gasteiger partial charge in [0.15, 0.2) is 0 Å². The molecule has 0 aromatic heterocycles. The normalized spacial score (nSPS) is 15.2. The van der Waals surface area contributed by atoms with Crippen molar-refractivity contribution >= 4 is 17.3 Å². The van der Waals surface area contributed by atoms with Crippen molar-refractivity contribution < 1.29 is 9.18 Å². The Hall–Kier alpha value is -2.40. The first-order valence-corrected chi connectivity index (χ1v) is 9.66. The van der Waals surface area contributed by atoms with Crippen molar-refractivity contribution in [1.82, 2.24) is 5.32 Å². The largest absolute Gasteiger partial charge is 0.372 e. The number of benzene rings is 2. The van der Waals surface area contributed by atoms with E-state index in [0.717, 1.165) is 24.3 Å².